The Hall–Kier alpha value is -2.64. The fourth-order valence-corrected chi connectivity index (χ4v) is 2.59. The number of hydrogen-bond donors (Lipinski definition) is 2. The fourth-order valence-electron chi connectivity index (χ4n) is 2.59. The molecule has 3 amide bonds. The number of nitrogens with one attached hydrogen (secondary N) is 2. The molecule has 27 heavy (non-hydrogen) atoms. The van der Waals surface area contributed by atoms with Crippen LogP contribution in [-0.2, 0) is 14.3 Å². The number of benzene rings is 1. The second-order valence-corrected chi connectivity index (χ2v) is 7.79. The van der Waals surface area contributed by atoms with Gasteiger partial charge < -0.3 is 20.3 Å². The Balaban J connectivity index is 2.06. The maximum atomic E-state index is 14.5. The van der Waals surface area contributed by atoms with Crippen molar-refractivity contribution in [3.05, 3.63) is 24.0 Å². The molecule has 0 aromatic heterocycles. The predicted molar refractivity (Wildman–Crippen MR) is 100.0 cm³/mol. The Bertz CT molecular complexity index is 743. The number of carbonyl (C=O) groups is 3. The molecule has 0 spiro atoms. The molecular formula is C19H26FN3O4. The summed E-state index contributed by atoms with van der Waals surface area (Å²) in [5.74, 6) is -1.48. The van der Waals surface area contributed by atoms with Gasteiger partial charge in [-0.1, -0.05) is 13.8 Å². The van der Waals surface area contributed by atoms with E-state index in [4.69, 9.17) is 4.74 Å². The largest absolute Gasteiger partial charge is 0.444 e. The van der Waals surface area contributed by atoms with Gasteiger partial charge in [0.05, 0.1) is 5.69 Å². The van der Waals surface area contributed by atoms with Gasteiger partial charge in [-0.05, 0) is 45.4 Å². The molecule has 2 rings (SSSR count). The fraction of sp³-hybridized carbons (Fsp3) is 0.526. The van der Waals surface area contributed by atoms with Crippen molar-refractivity contribution in [2.45, 2.75) is 52.7 Å². The summed E-state index contributed by atoms with van der Waals surface area (Å²) in [6.07, 6.45) is -0.335. The number of rotatable bonds is 4. The normalized spacial score (nSPS) is 17.2. The second-order valence-electron chi connectivity index (χ2n) is 7.79. The molecule has 2 N–H and O–H groups in total. The first-order valence-corrected chi connectivity index (χ1v) is 8.89. The molecular weight excluding hydrogens is 353 g/mol. The molecule has 1 fully saturated rings. The SMILES string of the molecule is CC(C)C(=O)Nc1ccc(N2CC[C@H](NC(=O)OC(C)(C)C)C2=O)c(F)c1. The Kier molecular flexibility index (Phi) is 6.08. The van der Waals surface area contributed by atoms with Crippen LogP contribution in [0.5, 0.6) is 0 Å². The number of ether oxygens (including phenoxy) is 1. The van der Waals surface area contributed by atoms with Crippen molar-refractivity contribution in [1.29, 1.82) is 0 Å². The summed E-state index contributed by atoms with van der Waals surface area (Å²) in [7, 11) is 0. The first-order chi connectivity index (χ1) is 12.5. The number of halogens is 1. The second kappa shape index (κ2) is 7.94. The van der Waals surface area contributed by atoms with Crippen LogP contribution in [0.1, 0.15) is 41.0 Å². The average Bonchev–Trinajstić information content (AvgIpc) is 2.86. The third-order valence-electron chi connectivity index (χ3n) is 3.93. The van der Waals surface area contributed by atoms with Gasteiger partial charge in [0.1, 0.15) is 17.5 Å². The van der Waals surface area contributed by atoms with Crippen molar-refractivity contribution in [2.75, 3.05) is 16.8 Å². The van der Waals surface area contributed by atoms with E-state index in [9.17, 15) is 18.8 Å². The highest BCUT2D eigenvalue weighted by molar-refractivity contribution is 6.01. The van der Waals surface area contributed by atoms with Gasteiger partial charge in [0.15, 0.2) is 0 Å². The highest BCUT2D eigenvalue weighted by atomic mass is 19.1. The van der Waals surface area contributed by atoms with E-state index in [0.29, 0.717) is 12.1 Å². The highest BCUT2D eigenvalue weighted by Crippen LogP contribution is 2.27. The monoisotopic (exact) mass is 379 g/mol. The predicted octanol–water partition coefficient (Wildman–Crippen LogP) is 3.05. The third kappa shape index (κ3) is 5.42. The number of alkyl carbamates (subject to hydrolysis) is 1. The minimum atomic E-state index is -0.764. The van der Waals surface area contributed by atoms with Gasteiger partial charge in [-0.3, -0.25) is 9.59 Å². The Morgan fingerprint density at radius 3 is 2.52 bits per heavy atom. The Labute approximate surface area is 158 Å². The smallest absolute Gasteiger partial charge is 0.408 e. The molecule has 148 valence electrons. The van der Waals surface area contributed by atoms with Crippen LogP contribution in [0.25, 0.3) is 0 Å². The van der Waals surface area contributed by atoms with Crippen LogP contribution in [0.15, 0.2) is 18.2 Å². The molecule has 0 bridgehead atoms. The third-order valence-corrected chi connectivity index (χ3v) is 3.93. The standard InChI is InChI=1S/C19H26FN3O4/c1-11(2)16(24)21-12-6-7-15(13(20)10-12)23-9-8-14(17(23)25)22-18(26)27-19(3,4)5/h6-7,10-11,14H,8-9H2,1-5H3,(H,21,24)(H,22,26)/t14-/m0/s1. The minimum Gasteiger partial charge on any atom is -0.444 e. The first kappa shape index (κ1) is 20.7. The molecule has 1 aliphatic rings. The molecule has 8 heteroatoms. The molecule has 1 saturated heterocycles. The molecule has 1 aliphatic heterocycles. The zero-order valence-corrected chi connectivity index (χ0v) is 16.3. The van der Waals surface area contributed by atoms with Crippen LogP contribution < -0.4 is 15.5 Å². The summed E-state index contributed by atoms with van der Waals surface area (Å²) in [6.45, 7) is 8.93. The van der Waals surface area contributed by atoms with Crippen molar-refractivity contribution in [3.8, 4) is 0 Å². The lowest BCUT2D eigenvalue weighted by molar-refractivity contribution is -0.119. The van der Waals surface area contributed by atoms with Crippen molar-refractivity contribution in [2.24, 2.45) is 5.92 Å². The molecule has 0 aliphatic carbocycles. The lowest BCUT2D eigenvalue weighted by Crippen LogP contribution is -2.43. The summed E-state index contributed by atoms with van der Waals surface area (Å²) in [4.78, 5) is 37.4. The van der Waals surface area contributed by atoms with E-state index in [2.05, 4.69) is 10.6 Å². The number of hydrogen-bond acceptors (Lipinski definition) is 4. The molecule has 1 aromatic rings. The molecule has 7 nitrogen and oxygen atoms in total. The van der Waals surface area contributed by atoms with E-state index in [1.54, 1.807) is 40.7 Å². The molecule has 0 saturated carbocycles. The highest BCUT2D eigenvalue weighted by Gasteiger charge is 2.35. The Morgan fingerprint density at radius 1 is 1.30 bits per heavy atom. The van der Waals surface area contributed by atoms with Gasteiger partial charge in [-0.15, -0.1) is 0 Å². The van der Waals surface area contributed by atoms with Crippen molar-refractivity contribution >= 4 is 29.3 Å². The van der Waals surface area contributed by atoms with Gasteiger partial charge in [-0.25, -0.2) is 9.18 Å². The molecule has 1 heterocycles. The number of nitrogens with zero attached hydrogens (tertiary/aromatic N) is 1. The van der Waals surface area contributed by atoms with Gasteiger partial charge in [0, 0.05) is 18.2 Å². The van der Waals surface area contributed by atoms with Crippen LogP contribution in [0, 0.1) is 11.7 Å². The Morgan fingerprint density at radius 2 is 1.96 bits per heavy atom. The lowest BCUT2D eigenvalue weighted by atomic mass is 10.2. The van der Waals surface area contributed by atoms with Crippen molar-refractivity contribution < 1.29 is 23.5 Å². The van der Waals surface area contributed by atoms with Crippen LogP contribution in [-0.4, -0.2) is 36.1 Å². The number of amides is 3. The number of anilines is 2. The first-order valence-electron chi connectivity index (χ1n) is 8.89. The maximum Gasteiger partial charge on any atom is 0.408 e. The van der Waals surface area contributed by atoms with E-state index < -0.39 is 29.5 Å². The quantitative estimate of drug-likeness (QED) is 0.842. The average molecular weight is 379 g/mol. The van der Waals surface area contributed by atoms with E-state index in [1.165, 1.54) is 17.0 Å². The summed E-state index contributed by atoms with van der Waals surface area (Å²) >= 11 is 0. The summed E-state index contributed by atoms with van der Waals surface area (Å²) in [5.41, 5.74) is -0.241. The van der Waals surface area contributed by atoms with Crippen molar-refractivity contribution in [1.82, 2.24) is 5.32 Å². The van der Waals surface area contributed by atoms with Crippen molar-refractivity contribution in [3.63, 3.8) is 0 Å². The molecule has 1 atom stereocenters. The van der Waals surface area contributed by atoms with Gasteiger partial charge in [0.2, 0.25) is 11.8 Å². The van der Waals surface area contributed by atoms with Crippen LogP contribution in [0.2, 0.25) is 0 Å². The van der Waals surface area contributed by atoms with Gasteiger partial charge in [-0.2, -0.15) is 0 Å². The van der Waals surface area contributed by atoms with Gasteiger partial charge >= 0.3 is 6.09 Å². The van der Waals surface area contributed by atoms with Crippen LogP contribution in [0.4, 0.5) is 20.6 Å². The maximum absolute atomic E-state index is 14.5. The lowest BCUT2D eigenvalue weighted by Gasteiger charge is -2.22. The summed E-state index contributed by atoms with van der Waals surface area (Å²) < 4.78 is 19.6. The zero-order valence-electron chi connectivity index (χ0n) is 16.3. The zero-order chi connectivity index (χ0) is 20.4. The topological polar surface area (TPSA) is 87.7 Å². The molecule has 1 aromatic carbocycles. The molecule has 0 unspecified atom stereocenters. The van der Waals surface area contributed by atoms with Gasteiger partial charge in [0.25, 0.3) is 0 Å². The molecule has 0 radical (unpaired) electrons. The van der Waals surface area contributed by atoms with Crippen LogP contribution in [0.3, 0.4) is 0 Å². The van der Waals surface area contributed by atoms with E-state index in [0.717, 1.165) is 0 Å². The minimum absolute atomic E-state index is 0.107. The van der Waals surface area contributed by atoms with E-state index >= 15 is 0 Å². The van der Waals surface area contributed by atoms with Crippen LogP contribution >= 0.6 is 0 Å². The van der Waals surface area contributed by atoms with E-state index in [-0.39, 0.29) is 24.1 Å². The van der Waals surface area contributed by atoms with E-state index in [1.807, 2.05) is 0 Å². The number of carbonyl (C=O) groups excluding carboxylic acids is 3. The summed E-state index contributed by atoms with van der Waals surface area (Å²) in [5, 5.41) is 5.13. The summed E-state index contributed by atoms with van der Waals surface area (Å²) in [6, 6.07) is 3.40.